The molecule has 1 unspecified atom stereocenters. The van der Waals surface area contributed by atoms with E-state index in [0.29, 0.717) is 19.7 Å². The third-order valence-corrected chi connectivity index (χ3v) is 2.24. The summed E-state index contributed by atoms with van der Waals surface area (Å²) in [6.45, 7) is 3.61. The van der Waals surface area contributed by atoms with Crippen LogP contribution in [0, 0.1) is 0 Å². The number of amides is 3. The van der Waals surface area contributed by atoms with Crippen LogP contribution < -0.4 is 11.1 Å². The van der Waals surface area contributed by atoms with Crippen molar-refractivity contribution in [3.63, 3.8) is 0 Å². The number of primary amides is 1. The van der Waals surface area contributed by atoms with Crippen LogP contribution in [0.4, 0.5) is 4.79 Å². The van der Waals surface area contributed by atoms with E-state index in [1.807, 2.05) is 6.92 Å². The molecular weight excluding hydrogens is 198 g/mol. The zero-order valence-electron chi connectivity index (χ0n) is 8.86. The van der Waals surface area contributed by atoms with Gasteiger partial charge in [0.25, 0.3) is 0 Å². The van der Waals surface area contributed by atoms with Crippen LogP contribution in [0.3, 0.4) is 0 Å². The van der Waals surface area contributed by atoms with Gasteiger partial charge in [0.05, 0.1) is 13.2 Å². The molecule has 0 spiro atoms. The molecule has 0 bridgehead atoms. The molecule has 3 N–H and O–H groups in total. The second-order valence-corrected chi connectivity index (χ2v) is 3.42. The predicted molar refractivity (Wildman–Crippen MR) is 54.2 cm³/mol. The summed E-state index contributed by atoms with van der Waals surface area (Å²) in [7, 11) is 0. The Morgan fingerprint density at radius 1 is 1.60 bits per heavy atom. The van der Waals surface area contributed by atoms with Crippen molar-refractivity contribution in [2.45, 2.75) is 19.4 Å². The molecule has 6 nitrogen and oxygen atoms in total. The van der Waals surface area contributed by atoms with Gasteiger partial charge in [-0.15, -0.1) is 0 Å². The van der Waals surface area contributed by atoms with Gasteiger partial charge in [0.15, 0.2) is 0 Å². The zero-order valence-corrected chi connectivity index (χ0v) is 8.86. The maximum Gasteiger partial charge on any atom is 0.318 e. The minimum Gasteiger partial charge on any atom is -0.377 e. The Labute approximate surface area is 88.7 Å². The number of morpholine rings is 1. The number of nitrogens with two attached hydrogens (primary N) is 1. The predicted octanol–water partition coefficient (Wildman–Crippen LogP) is -0.708. The highest BCUT2D eigenvalue weighted by Gasteiger charge is 2.30. The van der Waals surface area contributed by atoms with Crippen molar-refractivity contribution in [2.24, 2.45) is 5.73 Å². The lowest BCUT2D eigenvalue weighted by molar-refractivity contribution is -0.127. The minimum absolute atomic E-state index is 0.189. The van der Waals surface area contributed by atoms with Gasteiger partial charge in [-0.05, 0) is 6.42 Å². The standard InChI is InChI=1S/C9H17N3O3/c1-2-3-11-9(14)12-4-5-15-6-7(12)8(10)13/h7H,2-6H2,1H3,(H2,10,13)(H,11,14). The van der Waals surface area contributed by atoms with Crippen molar-refractivity contribution in [2.75, 3.05) is 26.3 Å². The van der Waals surface area contributed by atoms with E-state index in [9.17, 15) is 9.59 Å². The lowest BCUT2D eigenvalue weighted by atomic mass is 10.2. The fraction of sp³-hybridized carbons (Fsp3) is 0.778. The number of urea groups is 1. The Balaban J connectivity index is 2.55. The van der Waals surface area contributed by atoms with Crippen molar-refractivity contribution in [1.82, 2.24) is 10.2 Å². The maximum atomic E-state index is 11.6. The Bertz CT molecular complexity index is 245. The summed E-state index contributed by atoms with van der Waals surface area (Å²) in [4.78, 5) is 24.1. The molecule has 1 aliphatic rings. The molecule has 86 valence electrons. The van der Waals surface area contributed by atoms with Crippen LogP contribution >= 0.6 is 0 Å². The number of hydrogen-bond acceptors (Lipinski definition) is 3. The van der Waals surface area contributed by atoms with E-state index in [4.69, 9.17) is 10.5 Å². The summed E-state index contributed by atoms with van der Waals surface area (Å²) in [6, 6.07) is -0.889. The van der Waals surface area contributed by atoms with Gasteiger partial charge in [0.2, 0.25) is 5.91 Å². The van der Waals surface area contributed by atoms with E-state index in [1.54, 1.807) is 0 Å². The highest BCUT2D eigenvalue weighted by Crippen LogP contribution is 2.06. The first-order valence-corrected chi connectivity index (χ1v) is 5.08. The van der Waals surface area contributed by atoms with Gasteiger partial charge in [-0.25, -0.2) is 4.79 Å². The van der Waals surface area contributed by atoms with Crippen LogP contribution in [-0.4, -0.2) is 49.2 Å². The number of carbonyl (C=O) groups is 2. The molecule has 3 amide bonds. The van der Waals surface area contributed by atoms with E-state index in [-0.39, 0.29) is 12.6 Å². The third-order valence-electron chi connectivity index (χ3n) is 2.24. The van der Waals surface area contributed by atoms with Crippen LogP contribution in [0.1, 0.15) is 13.3 Å². The van der Waals surface area contributed by atoms with E-state index in [2.05, 4.69) is 5.32 Å². The lowest BCUT2D eigenvalue weighted by Gasteiger charge is -2.33. The second kappa shape index (κ2) is 5.55. The second-order valence-electron chi connectivity index (χ2n) is 3.42. The van der Waals surface area contributed by atoms with E-state index < -0.39 is 11.9 Å². The Morgan fingerprint density at radius 2 is 2.33 bits per heavy atom. The highest BCUT2D eigenvalue weighted by molar-refractivity contribution is 5.86. The molecule has 1 fully saturated rings. The van der Waals surface area contributed by atoms with Crippen molar-refractivity contribution in [3.05, 3.63) is 0 Å². The molecular formula is C9H17N3O3. The first-order chi connectivity index (χ1) is 7.16. The van der Waals surface area contributed by atoms with Gasteiger partial charge in [-0.1, -0.05) is 6.92 Å². The number of nitrogens with one attached hydrogen (secondary N) is 1. The molecule has 0 aromatic rings. The van der Waals surface area contributed by atoms with Crippen LogP contribution in [0.5, 0.6) is 0 Å². The highest BCUT2D eigenvalue weighted by atomic mass is 16.5. The lowest BCUT2D eigenvalue weighted by Crippen LogP contribution is -2.57. The summed E-state index contributed by atoms with van der Waals surface area (Å²) < 4.78 is 5.11. The van der Waals surface area contributed by atoms with Crippen LogP contribution in [0.2, 0.25) is 0 Å². The van der Waals surface area contributed by atoms with Gasteiger partial charge in [0.1, 0.15) is 6.04 Å². The molecule has 0 radical (unpaired) electrons. The molecule has 6 heteroatoms. The van der Waals surface area contributed by atoms with E-state index in [1.165, 1.54) is 4.90 Å². The zero-order chi connectivity index (χ0) is 11.3. The number of nitrogens with zero attached hydrogens (tertiary/aromatic N) is 1. The first-order valence-electron chi connectivity index (χ1n) is 5.08. The maximum absolute atomic E-state index is 11.6. The number of rotatable bonds is 3. The van der Waals surface area contributed by atoms with Gasteiger partial charge in [0, 0.05) is 13.1 Å². The molecule has 0 saturated carbocycles. The monoisotopic (exact) mass is 215 g/mol. The molecule has 1 heterocycles. The van der Waals surface area contributed by atoms with Gasteiger partial charge in [-0.3, -0.25) is 4.79 Å². The van der Waals surface area contributed by atoms with Crippen LogP contribution in [0.15, 0.2) is 0 Å². The quantitative estimate of drug-likeness (QED) is 0.652. The normalized spacial score (nSPS) is 21.1. The fourth-order valence-corrected chi connectivity index (χ4v) is 1.42. The molecule has 1 rings (SSSR count). The molecule has 1 aliphatic heterocycles. The van der Waals surface area contributed by atoms with Crippen LogP contribution in [0.25, 0.3) is 0 Å². The SMILES string of the molecule is CCCNC(=O)N1CCOCC1C(N)=O. The van der Waals surface area contributed by atoms with Gasteiger partial charge >= 0.3 is 6.03 Å². The largest absolute Gasteiger partial charge is 0.377 e. The molecule has 15 heavy (non-hydrogen) atoms. The Morgan fingerprint density at radius 3 is 2.93 bits per heavy atom. The van der Waals surface area contributed by atoms with Crippen LogP contribution in [-0.2, 0) is 9.53 Å². The number of carbonyl (C=O) groups excluding carboxylic acids is 2. The Hall–Kier alpha value is -1.30. The van der Waals surface area contributed by atoms with Crippen molar-refractivity contribution >= 4 is 11.9 Å². The summed E-state index contributed by atoms with van der Waals surface area (Å²) in [6.07, 6.45) is 0.858. The smallest absolute Gasteiger partial charge is 0.318 e. The summed E-state index contributed by atoms with van der Waals surface area (Å²) in [5.74, 6) is -0.527. The summed E-state index contributed by atoms with van der Waals surface area (Å²) in [5, 5.41) is 2.71. The summed E-state index contributed by atoms with van der Waals surface area (Å²) in [5.41, 5.74) is 5.18. The number of hydrogen-bond donors (Lipinski definition) is 2. The summed E-state index contributed by atoms with van der Waals surface area (Å²) >= 11 is 0. The van der Waals surface area contributed by atoms with Gasteiger partial charge in [-0.2, -0.15) is 0 Å². The van der Waals surface area contributed by atoms with Crippen molar-refractivity contribution in [1.29, 1.82) is 0 Å². The third kappa shape index (κ3) is 3.09. The number of ether oxygens (including phenoxy) is 1. The first kappa shape index (κ1) is 11.8. The topological polar surface area (TPSA) is 84.7 Å². The van der Waals surface area contributed by atoms with Gasteiger partial charge < -0.3 is 20.7 Å². The molecule has 0 aliphatic carbocycles. The molecule has 0 aromatic carbocycles. The molecule has 0 aromatic heterocycles. The van der Waals surface area contributed by atoms with Crippen molar-refractivity contribution < 1.29 is 14.3 Å². The fourth-order valence-electron chi connectivity index (χ4n) is 1.42. The average molecular weight is 215 g/mol. The van der Waals surface area contributed by atoms with Crippen molar-refractivity contribution in [3.8, 4) is 0 Å². The average Bonchev–Trinajstić information content (AvgIpc) is 2.25. The van der Waals surface area contributed by atoms with E-state index >= 15 is 0 Å². The van der Waals surface area contributed by atoms with E-state index in [0.717, 1.165) is 6.42 Å². The Kier molecular flexibility index (Phi) is 4.36. The molecule has 1 saturated heterocycles. The minimum atomic E-state index is -0.643. The molecule has 1 atom stereocenters.